The van der Waals surface area contributed by atoms with Gasteiger partial charge in [-0.2, -0.15) is 0 Å². The van der Waals surface area contributed by atoms with E-state index in [1.807, 2.05) is 60.7 Å². The van der Waals surface area contributed by atoms with Crippen LogP contribution in [0, 0.1) is 0 Å². The van der Waals surface area contributed by atoms with Gasteiger partial charge in [-0.05, 0) is 24.0 Å². The molecule has 2 aliphatic heterocycles. The molecule has 134 valence electrons. The first-order chi connectivity index (χ1) is 12.7. The molecule has 6 nitrogen and oxygen atoms in total. The Kier molecular flexibility index (Phi) is 4.48. The van der Waals surface area contributed by atoms with Crippen molar-refractivity contribution in [2.45, 2.75) is 37.1 Å². The minimum absolute atomic E-state index is 0.249. The molecular weight excluding hydrogens is 332 g/mol. The lowest BCUT2D eigenvalue weighted by molar-refractivity contribution is 0.0184. The molecule has 26 heavy (non-hydrogen) atoms. The van der Waals surface area contributed by atoms with E-state index in [9.17, 15) is 9.59 Å². The highest BCUT2D eigenvalue weighted by atomic mass is 16.6. The lowest BCUT2D eigenvalue weighted by Crippen LogP contribution is -2.47. The maximum absolute atomic E-state index is 11.9. The number of carbonyl (C=O) groups excluding carboxylic acids is 2. The standard InChI is InChI=1S/C20H20N2O4/c23-19-21-15(11-13-7-3-1-4-8-13)17(25-19)18-16(22-20(24)26-18)12-14-9-5-2-6-10-14/h1-10,15-18H,11-12H2,(H,21,23)(H,22,24)/t15-,16-,17+,18+/m0/s1. The van der Waals surface area contributed by atoms with Gasteiger partial charge in [0.1, 0.15) is 0 Å². The molecule has 2 heterocycles. The fourth-order valence-corrected chi connectivity index (χ4v) is 3.61. The third-order valence-electron chi connectivity index (χ3n) is 4.81. The number of amides is 2. The number of benzene rings is 2. The number of carbonyl (C=O) groups is 2. The highest BCUT2D eigenvalue weighted by molar-refractivity contribution is 5.72. The average Bonchev–Trinajstić information content (AvgIpc) is 3.18. The van der Waals surface area contributed by atoms with Crippen molar-refractivity contribution in [3.8, 4) is 0 Å². The predicted molar refractivity (Wildman–Crippen MR) is 94.7 cm³/mol. The Morgan fingerprint density at radius 2 is 1.04 bits per heavy atom. The zero-order valence-corrected chi connectivity index (χ0v) is 14.1. The topological polar surface area (TPSA) is 76.7 Å². The summed E-state index contributed by atoms with van der Waals surface area (Å²) in [6.07, 6.45) is -0.785. The van der Waals surface area contributed by atoms with Crippen molar-refractivity contribution in [3.63, 3.8) is 0 Å². The molecule has 0 bridgehead atoms. The second kappa shape index (κ2) is 7.07. The number of alkyl carbamates (subject to hydrolysis) is 2. The Morgan fingerprint density at radius 3 is 1.42 bits per heavy atom. The number of hydrogen-bond donors (Lipinski definition) is 2. The van der Waals surface area contributed by atoms with Crippen molar-refractivity contribution in [2.75, 3.05) is 0 Å². The molecule has 2 aromatic carbocycles. The molecule has 4 rings (SSSR count). The van der Waals surface area contributed by atoms with Gasteiger partial charge in [0, 0.05) is 0 Å². The predicted octanol–water partition coefficient (Wildman–Crippen LogP) is 2.43. The van der Waals surface area contributed by atoms with Gasteiger partial charge in [-0.15, -0.1) is 0 Å². The summed E-state index contributed by atoms with van der Waals surface area (Å²) in [6.45, 7) is 0. The van der Waals surface area contributed by atoms with Crippen molar-refractivity contribution >= 4 is 12.2 Å². The highest BCUT2D eigenvalue weighted by Crippen LogP contribution is 2.26. The van der Waals surface area contributed by atoms with Gasteiger partial charge in [0.2, 0.25) is 0 Å². The van der Waals surface area contributed by atoms with Crippen LogP contribution in [-0.4, -0.2) is 36.5 Å². The summed E-state index contributed by atoms with van der Waals surface area (Å²) in [5.41, 5.74) is 2.18. The molecule has 2 fully saturated rings. The number of ether oxygens (including phenoxy) is 2. The Labute approximate surface area is 151 Å². The van der Waals surface area contributed by atoms with Crippen LogP contribution < -0.4 is 10.6 Å². The summed E-state index contributed by atoms with van der Waals surface area (Å²) in [6, 6.07) is 19.2. The van der Waals surface area contributed by atoms with Crippen LogP contribution in [0.2, 0.25) is 0 Å². The van der Waals surface area contributed by atoms with Crippen molar-refractivity contribution in [3.05, 3.63) is 71.8 Å². The van der Waals surface area contributed by atoms with Crippen LogP contribution in [-0.2, 0) is 22.3 Å². The van der Waals surface area contributed by atoms with Crippen molar-refractivity contribution in [2.24, 2.45) is 0 Å². The molecule has 2 N–H and O–H groups in total. The van der Waals surface area contributed by atoms with Crippen LogP contribution >= 0.6 is 0 Å². The third-order valence-corrected chi connectivity index (χ3v) is 4.81. The summed E-state index contributed by atoms with van der Waals surface area (Å²) < 4.78 is 11.0. The van der Waals surface area contributed by atoms with Crippen LogP contribution in [0.4, 0.5) is 9.59 Å². The molecule has 6 heteroatoms. The average molecular weight is 352 g/mol. The number of nitrogens with one attached hydrogen (secondary N) is 2. The lowest BCUT2D eigenvalue weighted by Gasteiger charge is -2.25. The normalized spacial score (nSPS) is 27.4. The SMILES string of the molecule is O=C1N[C@@H](Cc2ccccc2)[C@H]([C@@H]2OC(=O)N[C@H]2Cc2ccccc2)O1. The molecule has 0 aromatic heterocycles. The van der Waals surface area contributed by atoms with Gasteiger partial charge in [0.25, 0.3) is 0 Å². The molecule has 0 saturated carbocycles. The van der Waals surface area contributed by atoms with E-state index >= 15 is 0 Å². The van der Waals surface area contributed by atoms with E-state index in [2.05, 4.69) is 10.6 Å². The van der Waals surface area contributed by atoms with Crippen LogP contribution in [0.3, 0.4) is 0 Å². The van der Waals surface area contributed by atoms with E-state index in [4.69, 9.17) is 9.47 Å². The Balaban J connectivity index is 1.52. The largest absolute Gasteiger partial charge is 0.440 e. The van der Waals surface area contributed by atoms with Crippen molar-refractivity contribution in [1.82, 2.24) is 10.6 Å². The summed E-state index contributed by atoms with van der Waals surface area (Å²) in [5, 5.41) is 5.70. The highest BCUT2D eigenvalue weighted by Gasteiger charge is 2.48. The first kappa shape index (κ1) is 16.4. The van der Waals surface area contributed by atoms with Gasteiger partial charge in [-0.25, -0.2) is 9.59 Å². The number of hydrogen-bond acceptors (Lipinski definition) is 4. The Morgan fingerprint density at radius 1 is 0.654 bits per heavy atom. The number of rotatable bonds is 5. The Hall–Kier alpha value is -3.02. The molecule has 2 aliphatic rings. The zero-order valence-electron chi connectivity index (χ0n) is 14.1. The van der Waals surface area contributed by atoms with E-state index < -0.39 is 24.4 Å². The molecule has 0 radical (unpaired) electrons. The van der Waals surface area contributed by atoms with Crippen LogP contribution in [0.25, 0.3) is 0 Å². The maximum Gasteiger partial charge on any atom is 0.407 e. The second-order valence-electron chi connectivity index (χ2n) is 6.62. The molecule has 0 unspecified atom stereocenters. The maximum atomic E-state index is 11.9. The van der Waals surface area contributed by atoms with Gasteiger partial charge in [0.15, 0.2) is 12.2 Å². The van der Waals surface area contributed by atoms with Gasteiger partial charge in [0.05, 0.1) is 12.1 Å². The summed E-state index contributed by atoms with van der Waals surface area (Å²) in [4.78, 5) is 23.7. The van der Waals surface area contributed by atoms with Crippen molar-refractivity contribution in [1.29, 1.82) is 0 Å². The van der Waals surface area contributed by atoms with Crippen LogP contribution in [0.1, 0.15) is 11.1 Å². The van der Waals surface area contributed by atoms with Crippen molar-refractivity contribution < 1.29 is 19.1 Å². The van der Waals surface area contributed by atoms with E-state index in [-0.39, 0.29) is 12.1 Å². The second-order valence-corrected chi connectivity index (χ2v) is 6.62. The molecular formula is C20H20N2O4. The monoisotopic (exact) mass is 352 g/mol. The molecule has 0 aliphatic carbocycles. The molecule has 4 atom stereocenters. The fraction of sp³-hybridized carbons (Fsp3) is 0.300. The molecule has 0 spiro atoms. The Bertz CT molecular complexity index is 713. The van der Waals surface area contributed by atoms with E-state index in [1.54, 1.807) is 0 Å². The lowest BCUT2D eigenvalue weighted by atomic mass is 9.92. The van der Waals surface area contributed by atoms with Gasteiger partial charge < -0.3 is 20.1 Å². The molecule has 2 saturated heterocycles. The molecule has 2 amide bonds. The number of cyclic esters (lactones) is 2. The summed E-state index contributed by atoms with van der Waals surface area (Å²) >= 11 is 0. The van der Waals surface area contributed by atoms with Gasteiger partial charge >= 0.3 is 12.2 Å². The van der Waals surface area contributed by atoms with E-state index in [0.29, 0.717) is 12.8 Å². The summed E-state index contributed by atoms with van der Waals surface area (Å²) in [5.74, 6) is 0. The first-order valence-electron chi connectivity index (χ1n) is 8.71. The quantitative estimate of drug-likeness (QED) is 0.866. The van der Waals surface area contributed by atoms with Crippen LogP contribution in [0.5, 0.6) is 0 Å². The van der Waals surface area contributed by atoms with E-state index in [1.165, 1.54) is 0 Å². The van der Waals surface area contributed by atoms with Gasteiger partial charge in [-0.3, -0.25) is 0 Å². The third kappa shape index (κ3) is 3.49. The smallest absolute Gasteiger partial charge is 0.407 e. The zero-order chi connectivity index (χ0) is 17.9. The first-order valence-corrected chi connectivity index (χ1v) is 8.71. The molecule has 2 aromatic rings. The minimum atomic E-state index is -0.532. The summed E-state index contributed by atoms with van der Waals surface area (Å²) in [7, 11) is 0. The minimum Gasteiger partial charge on any atom is -0.440 e. The van der Waals surface area contributed by atoms with Crippen LogP contribution in [0.15, 0.2) is 60.7 Å². The van der Waals surface area contributed by atoms with E-state index in [0.717, 1.165) is 11.1 Å². The fourth-order valence-electron chi connectivity index (χ4n) is 3.61. The van der Waals surface area contributed by atoms with Gasteiger partial charge in [-0.1, -0.05) is 60.7 Å².